The second kappa shape index (κ2) is 6.51. The van der Waals surface area contributed by atoms with E-state index in [2.05, 4.69) is 64.6 Å². The molecule has 2 aromatic rings. The normalized spacial score (nSPS) is 19.1. The summed E-state index contributed by atoms with van der Waals surface area (Å²) in [6.07, 6.45) is 3.46. The Labute approximate surface area is 139 Å². The summed E-state index contributed by atoms with van der Waals surface area (Å²) in [6.45, 7) is 2.19. The molecule has 2 unspecified atom stereocenters. The maximum atomic E-state index is 6.35. The summed E-state index contributed by atoms with van der Waals surface area (Å²) >= 11 is 9.81. The van der Waals surface area contributed by atoms with Crippen molar-refractivity contribution in [1.82, 2.24) is 5.32 Å². The molecule has 3 heteroatoms. The smallest absolute Gasteiger partial charge is 0.0464 e. The molecule has 0 heterocycles. The van der Waals surface area contributed by atoms with Gasteiger partial charge in [0.2, 0.25) is 0 Å². The quantitative estimate of drug-likeness (QED) is 0.778. The van der Waals surface area contributed by atoms with E-state index in [9.17, 15) is 0 Å². The molecule has 1 aliphatic carbocycles. The van der Waals surface area contributed by atoms with E-state index in [-0.39, 0.29) is 6.04 Å². The van der Waals surface area contributed by atoms with E-state index in [1.54, 1.807) is 0 Å². The molecule has 21 heavy (non-hydrogen) atoms. The molecule has 0 bridgehead atoms. The van der Waals surface area contributed by atoms with Crippen molar-refractivity contribution in [3.05, 3.63) is 68.7 Å². The Morgan fingerprint density at radius 3 is 2.71 bits per heavy atom. The van der Waals surface area contributed by atoms with Gasteiger partial charge >= 0.3 is 0 Å². The minimum atomic E-state index is 0.265. The minimum absolute atomic E-state index is 0.265. The second-order valence-electron chi connectivity index (χ2n) is 5.76. The summed E-state index contributed by atoms with van der Waals surface area (Å²) in [5.74, 6) is 0. The molecule has 3 rings (SSSR count). The lowest BCUT2D eigenvalue weighted by Crippen LogP contribution is -2.36. The van der Waals surface area contributed by atoms with Crippen LogP contribution < -0.4 is 5.32 Å². The molecule has 1 N–H and O–H groups in total. The Balaban J connectivity index is 1.70. The van der Waals surface area contributed by atoms with Crippen LogP contribution in [0.2, 0.25) is 5.02 Å². The zero-order valence-corrected chi connectivity index (χ0v) is 14.4. The summed E-state index contributed by atoms with van der Waals surface area (Å²) in [5.41, 5.74) is 4.15. The summed E-state index contributed by atoms with van der Waals surface area (Å²) in [5, 5.41) is 4.56. The van der Waals surface area contributed by atoms with E-state index in [0.29, 0.717) is 6.04 Å². The first-order valence-electron chi connectivity index (χ1n) is 7.41. The number of aryl methyl sites for hydroxylation is 1. The monoisotopic (exact) mass is 363 g/mol. The fourth-order valence-electron chi connectivity index (χ4n) is 3.14. The van der Waals surface area contributed by atoms with Crippen molar-refractivity contribution in [2.75, 3.05) is 0 Å². The highest BCUT2D eigenvalue weighted by molar-refractivity contribution is 9.10. The molecule has 0 spiro atoms. The van der Waals surface area contributed by atoms with Crippen LogP contribution in [0.25, 0.3) is 0 Å². The Hall–Kier alpha value is -0.830. The lowest BCUT2D eigenvalue weighted by molar-refractivity contribution is 0.414. The van der Waals surface area contributed by atoms with Gasteiger partial charge in [0.25, 0.3) is 0 Å². The Morgan fingerprint density at radius 2 is 1.95 bits per heavy atom. The minimum Gasteiger partial charge on any atom is -0.307 e. The van der Waals surface area contributed by atoms with Crippen LogP contribution in [0.3, 0.4) is 0 Å². The van der Waals surface area contributed by atoms with E-state index in [0.717, 1.165) is 22.3 Å². The number of fused-ring (bicyclic) bond motifs is 1. The van der Waals surface area contributed by atoms with Crippen molar-refractivity contribution >= 4 is 27.5 Å². The van der Waals surface area contributed by atoms with E-state index < -0.39 is 0 Å². The van der Waals surface area contributed by atoms with Gasteiger partial charge in [0, 0.05) is 21.6 Å². The summed E-state index contributed by atoms with van der Waals surface area (Å²) in [6, 6.07) is 15.7. The van der Waals surface area contributed by atoms with E-state index in [1.165, 1.54) is 23.1 Å². The first-order valence-corrected chi connectivity index (χ1v) is 8.58. The highest BCUT2D eigenvalue weighted by atomic mass is 79.9. The number of rotatable bonds is 3. The zero-order valence-electron chi connectivity index (χ0n) is 12.1. The van der Waals surface area contributed by atoms with Crippen molar-refractivity contribution in [3.63, 3.8) is 0 Å². The lowest BCUT2D eigenvalue weighted by Gasteiger charge is -2.29. The predicted molar refractivity (Wildman–Crippen MR) is 93.0 cm³/mol. The molecule has 2 aromatic carbocycles. The van der Waals surface area contributed by atoms with Gasteiger partial charge in [0.15, 0.2) is 0 Å². The molecule has 1 aliphatic rings. The van der Waals surface area contributed by atoms with Crippen LogP contribution in [0.15, 0.2) is 46.9 Å². The average molecular weight is 365 g/mol. The topological polar surface area (TPSA) is 12.0 Å². The first-order chi connectivity index (χ1) is 10.1. The number of halogens is 2. The van der Waals surface area contributed by atoms with Gasteiger partial charge in [-0.05, 0) is 55.0 Å². The fraction of sp³-hybridized carbons (Fsp3) is 0.333. The molecule has 110 valence electrons. The van der Waals surface area contributed by atoms with Crippen molar-refractivity contribution < 1.29 is 0 Å². The van der Waals surface area contributed by atoms with Gasteiger partial charge in [-0.25, -0.2) is 0 Å². The highest BCUT2D eigenvalue weighted by Gasteiger charge is 2.20. The van der Waals surface area contributed by atoms with E-state index >= 15 is 0 Å². The Kier molecular flexibility index (Phi) is 4.68. The molecule has 0 aromatic heterocycles. The number of hydrogen-bond acceptors (Lipinski definition) is 1. The van der Waals surface area contributed by atoms with E-state index in [4.69, 9.17) is 11.6 Å². The lowest BCUT2D eigenvalue weighted by atomic mass is 9.88. The van der Waals surface area contributed by atoms with Crippen LogP contribution in [-0.4, -0.2) is 6.04 Å². The van der Waals surface area contributed by atoms with Gasteiger partial charge in [-0.2, -0.15) is 0 Å². The molecule has 0 aliphatic heterocycles. The number of hydrogen-bond donors (Lipinski definition) is 1. The molecule has 1 nitrogen and oxygen atoms in total. The van der Waals surface area contributed by atoms with Gasteiger partial charge in [-0.1, -0.05) is 57.9 Å². The molecule has 0 saturated heterocycles. The largest absolute Gasteiger partial charge is 0.307 e. The van der Waals surface area contributed by atoms with Crippen LogP contribution in [0.4, 0.5) is 0 Å². The Morgan fingerprint density at radius 1 is 1.19 bits per heavy atom. The number of nitrogens with one attached hydrogen (secondary N) is 1. The van der Waals surface area contributed by atoms with Crippen LogP contribution in [0, 0.1) is 0 Å². The van der Waals surface area contributed by atoms with Gasteiger partial charge in [-0.3, -0.25) is 0 Å². The summed E-state index contributed by atoms with van der Waals surface area (Å²) in [7, 11) is 0. The molecule has 0 amide bonds. The van der Waals surface area contributed by atoms with Crippen molar-refractivity contribution in [3.8, 4) is 0 Å². The number of benzene rings is 2. The first kappa shape index (κ1) is 15.1. The molecular formula is C18H19BrClN. The fourth-order valence-corrected chi connectivity index (χ4v) is 3.97. The van der Waals surface area contributed by atoms with Gasteiger partial charge in [0.1, 0.15) is 0 Å². The molecule has 2 atom stereocenters. The van der Waals surface area contributed by atoms with Gasteiger partial charge in [0.05, 0.1) is 0 Å². The van der Waals surface area contributed by atoms with Crippen molar-refractivity contribution in [2.45, 2.75) is 38.3 Å². The maximum absolute atomic E-state index is 6.35. The average Bonchev–Trinajstić information content (AvgIpc) is 2.47. The summed E-state index contributed by atoms with van der Waals surface area (Å²) < 4.78 is 1.02. The van der Waals surface area contributed by atoms with Crippen LogP contribution >= 0.6 is 27.5 Å². The van der Waals surface area contributed by atoms with Crippen LogP contribution in [-0.2, 0) is 12.8 Å². The standard InChI is InChI=1S/C18H19BrClN/c1-12(17-9-7-15(19)11-18(17)20)21-16-8-6-13-4-2-3-5-14(13)10-16/h2-5,7,9,11-12,16,21H,6,8,10H2,1H3. The predicted octanol–water partition coefficient (Wildman–Crippen LogP) is 5.31. The van der Waals surface area contributed by atoms with Gasteiger partial charge in [-0.15, -0.1) is 0 Å². The molecular weight excluding hydrogens is 346 g/mol. The molecule has 0 fully saturated rings. The SMILES string of the molecule is CC(NC1CCc2ccccc2C1)c1ccc(Br)cc1Cl. The van der Waals surface area contributed by atoms with E-state index in [1.807, 2.05) is 6.07 Å². The molecule has 0 radical (unpaired) electrons. The van der Waals surface area contributed by atoms with Crippen molar-refractivity contribution in [1.29, 1.82) is 0 Å². The van der Waals surface area contributed by atoms with Crippen LogP contribution in [0.1, 0.15) is 36.1 Å². The van der Waals surface area contributed by atoms with Crippen molar-refractivity contribution in [2.24, 2.45) is 0 Å². The second-order valence-corrected chi connectivity index (χ2v) is 7.09. The zero-order chi connectivity index (χ0) is 14.8. The third kappa shape index (κ3) is 3.50. The molecule has 0 saturated carbocycles. The Bertz CT molecular complexity index is 641. The third-order valence-electron chi connectivity index (χ3n) is 4.26. The third-order valence-corrected chi connectivity index (χ3v) is 5.08. The highest BCUT2D eigenvalue weighted by Crippen LogP contribution is 2.28. The summed E-state index contributed by atoms with van der Waals surface area (Å²) in [4.78, 5) is 0. The van der Waals surface area contributed by atoms with Gasteiger partial charge < -0.3 is 5.32 Å². The van der Waals surface area contributed by atoms with Crippen LogP contribution in [0.5, 0.6) is 0 Å². The maximum Gasteiger partial charge on any atom is 0.0464 e.